The van der Waals surface area contributed by atoms with E-state index in [4.69, 9.17) is 0 Å². The van der Waals surface area contributed by atoms with Crippen LogP contribution in [0.4, 0.5) is 0 Å². The minimum absolute atomic E-state index is 0.152. The summed E-state index contributed by atoms with van der Waals surface area (Å²) >= 11 is 0. The number of benzene rings is 1. The van der Waals surface area contributed by atoms with Crippen LogP contribution >= 0.6 is 0 Å². The number of nitrogens with one attached hydrogen (secondary N) is 1. The number of aryl methyl sites for hydroxylation is 2. The first kappa shape index (κ1) is 13.1. The Kier molecular flexibility index (Phi) is 4.02. The zero-order chi connectivity index (χ0) is 13.1. The molecule has 3 nitrogen and oxygen atoms in total. The second-order valence-corrected chi connectivity index (χ2v) is 5.22. The number of hydrogen-bond donors (Lipinski definition) is 1. The van der Waals surface area contributed by atoms with Gasteiger partial charge in [0.2, 0.25) is 0 Å². The molecule has 0 bridgehead atoms. The first-order valence-electron chi connectivity index (χ1n) is 6.64. The molecule has 1 heterocycles. The molecule has 1 aromatic carbocycles. The molecule has 1 aliphatic heterocycles. The largest absolute Gasteiger partial charge is 0.339 e. The van der Waals surface area contributed by atoms with E-state index in [9.17, 15) is 4.79 Å². The molecule has 0 radical (unpaired) electrons. The number of rotatable bonds is 2. The molecule has 0 atom stereocenters. The highest BCUT2D eigenvalue weighted by molar-refractivity contribution is 5.95. The Morgan fingerprint density at radius 2 is 1.94 bits per heavy atom. The molecule has 0 aromatic heterocycles. The van der Waals surface area contributed by atoms with E-state index in [0.717, 1.165) is 37.1 Å². The second-order valence-electron chi connectivity index (χ2n) is 5.22. The Hall–Kier alpha value is -1.35. The maximum absolute atomic E-state index is 12.5. The fraction of sp³-hybridized carbons (Fsp3) is 0.533. The second kappa shape index (κ2) is 5.53. The van der Waals surface area contributed by atoms with Crippen LogP contribution in [0.25, 0.3) is 0 Å². The summed E-state index contributed by atoms with van der Waals surface area (Å²) in [5, 5.41) is 3.33. The van der Waals surface area contributed by atoms with Gasteiger partial charge in [-0.15, -0.1) is 0 Å². The van der Waals surface area contributed by atoms with Crippen LogP contribution in [0, 0.1) is 13.8 Å². The van der Waals surface area contributed by atoms with Crippen molar-refractivity contribution in [3.8, 4) is 0 Å². The van der Waals surface area contributed by atoms with E-state index < -0.39 is 0 Å². The van der Waals surface area contributed by atoms with E-state index >= 15 is 0 Å². The molecule has 1 amide bonds. The number of amides is 1. The smallest absolute Gasteiger partial charge is 0.254 e. The van der Waals surface area contributed by atoms with Crippen molar-refractivity contribution in [2.24, 2.45) is 0 Å². The van der Waals surface area contributed by atoms with Crippen LogP contribution in [-0.2, 0) is 0 Å². The maximum atomic E-state index is 12.5. The molecule has 0 unspecified atom stereocenters. The highest BCUT2D eigenvalue weighted by Crippen LogP contribution is 2.17. The minimum atomic E-state index is 0.152. The standard InChI is InChI=1S/C15H22N2O/c1-11-4-5-14(12(2)10-11)15(18)17(3)13-6-8-16-9-7-13/h4-5,10,13,16H,6-9H2,1-3H3. The maximum Gasteiger partial charge on any atom is 0.254 e. The van der Waals surface area contributed by atoms with Gasteiger partial charge in [-0.2, -0.15) is 0 Å². The van der Waals surface area contributed by atoms with Gasteiger partial charge in [0.1, 0.15) is 0 Å². The molecule has 18 heavy (non-hydrogen) atoms. The van der Waals surface area contributed by atoms with E-state index in [1.54, 1.807) is 0 Å². The lowest BCUT2D eigenvalue weighted by atomic mass is 10.0. The van der Waals surface area contributed by atoms with Crippen LogP contribution in [0.1, 0.15) is 34.3 Å². The molecule has 3 heteroatoms. The Morgan fingerprint density at radius 3 is 2.56 bits per heavy atom. The average Bonchev–Trinajstić information content (AvgIpc) is 2.38. The molecule has 2 rings (SSSR count). The van der Waals surface area contributed by atoms with Crippen LogP contribution in [0.2, 0.25) is 0 Å². The third-order valence-corrected chi connectivity index (χ3v) is 3.79. The lowest BCUT2D eigenvalue weighted by Crippen LogP contribution is -2.44. The van der Waals surface area contributed by atoms with Crippen molar-refractivity contribution in [3.05, 3.63) is 34.9 Å². The SMILES string of the molecule is Cc1ccc(C(=O)N(C)C2CCNCC2)c(C)c1. The van der Waals surface area contributed by atoms with E-state index in [1.807, 2.05) is 31.0 Å². The number of carbonyl (C=O) groups is 1. The van der Waals surface area contributed by atoms with E-state index in [2.05, 4.69) is 18.3 Å². The molecule has 1 saturated heterocycles. The third kappa shape index (κ3) is 2.72. The van der Waals surface area contributed by atoms with Gasteiger partial charge in [-0.05, 0) is 51.4 Å². The summed E-state index contributed by atoms with van der Waals surface area (Å²) < 4.78 is 0. The van der Waals surface area contributed by atoms with E-state index in [-0.39, 0.29) is 5.91 Å². The topological polar surface area (TPSA) is 32.3 Å². The zero-order valence-corrected chi connectivity index (χ0v) is 11.5. The van der Waals surface area contributed by atoms with Crippen LogP contribution < -0.4 is 5.32 Å². The van der Waals surface area contributed by atoms with Crippen molar-refractivity contribution in [2.75, 3.05) is 20.1 Å². The highest BCUT2D eigenvalue weighted by atomic mass is 16.2. The van der Waals surface area contributed by atoms with Crippen LogP contribution in [0.3, 0.4) is 0 Å². The first-order chi connectivity index (χ1) is 8.59. The Bertz CT molecular complexity index is 436. The molecule has 1 aliphatic rings. The van der Waals surface area contributed by atoms with Crippen molar-refractivity contribution in [1.29, 1.82) is 0 Å². The predicted octanol–water partition coefficient (Wildman–Crippen LogP) is 2.13. The van der Waals surface area contributed by atoms with Crippen molar-refractivity contribution < 1.29 is 4.79 Å². The quantitative estimate of drug-likeness (QED) is 0.867. The van der Waals surface area contributed by atoms with Gasteiger partial charge in [0, 0.05) is 18.7 Å². The van der Waals surface area contributed by atoms with Crippen molar-refractivity contribution in [2.45, 2.75) is 32.7 Å². The predicted molar refractivity (Wildman–Crippen MR) is 73.9 cm³/mol. The fourth-order valence-corrected chi connectivity index (χ4v) is 2.60. The van der Waals surface area contributed by atoms with Crippen molar-refractivity contribution in [1.82, 2.24) is 10.2 Å². The van der Waals surface area contributed by atoms with Gasteiger partial charge in [0.05, 0.1) is 0 Å². The molecule has 0 spiro atoms. The normalized spacial score (nSPS) is 16.6. The molecule has 1 N–H and O–H groups in total. The highest BCUT2D eigenvalue weighted by Gasteiger charge is 2.23. The summed E-state index contributed by atoms with van der Waals surface area (Å²) in [7, 11) is 1.93. The molecule has 0 saturated carbocycles. The van der Waals surface area contributed by atoms with Crippen LogP contribution in [0.15, 0.2) is 18.2 Å². The summed E-state index contributed by atoms with van der Waals surface area (Å²) in [4.78, 5) is 14.4. The Balaban J connectivity index is 2.14. The van der Waals surface area contributed by atoms with Gasteiger partial charge in [0.25, 0.3) is 5.91 Å². The summed E-state index contributed by atoms with van der Waals surface area (Å²) in [6.07, 6.45) is 2.10. The number of hydrogen-bond acceptors (Lipinski definition) is 2. The van der Waals surface area contributed by atoms with Gasteiger partial charge in [0.15, 0.2) is 0 Å². The van der Waals surface area contributed by atoms with Gasteiger partial charge in [-0.25, -0.2) is 0 Å². The van der Waals surface area contributed by atoms with Gasteiger partial charge >= 0.3 is 0 Å². The van der Waals surface area contributed by atoms with Crippen molar-refractivity contribution in [3.63, 3.8) is 0 Å². The summed E-state index contributed by atoms with van der Waals surface area (Å²) in [5.41, 5.74) is 3.11. The van der Waals surface area contributed by atoms with E-state index in [0.29, 0.717) is 6.04 Å². The number of piperidine rings is 1. The molecule has 1 fully saturated rings. The number of nitrogens with zero attached hydrogens (tertiary/aromatic N) is 1. The molecular formula is C15H22N2O. The van der Waals surface area contributed by atoms with Gasteiger partial charge in [-0.3, -0.25) is 4.79 Å². The molecule has 0 aliphatic carbocycles. The monoisotopic (exact) mass is 246 g/mol. The van der Waals surface area contributed by atoms with Crippen molar-refractivity contribution >= 4 is 5.91 Å². The third-order valence-electron chi connectivity index (χ3n) is 3.79. The lowest BCUT2D eigenvalue weighted by Gasteiger charge is -2.32. The van der Waals surface area contributed by atoms with E-state index in [1.165, 1.54) is 5.56 Å². The fourth-order valence-electron chi connectivity index (χ4n) is 2.60. The Labute approximate surface area is 109 Å². The molecule has 1 aromatic rings. The first-order valence-corrected chi connectivity index (χ1v) is 6.64. The molecule has 98 valence electrons. The Morgan fingerprint density at radius 1 is 1.28 bits per heavy atom. The molecular weight excluding hydrogens is 224 g/mol. The van der Waals surface area contributed by atoms with Gasteiger partial charge in [-0.1, -0.05) is 17.7 Å². The average molecular weight is 246 g/mol. The van der Waals surface area contributed by atoms with Gasteiger partial charge < -0.3 is 10.2 Å². The summed E-state index contributed by atoms with van der Waals surface area (Å²) in [6, 6.07) is 6.41. The zero-order valence-electron chi connectivity index (χ0n) is 11.5. The lowest BCUT2D eigenvalue weighted by molar-refractivity contribution is 0.0702. The summed E-state index contributed by atoms with van der Waals surface area (Å²) in [5.74, 6) is 0.152. The summed E-state index contributed by atoms with van der Waals surface area (Å²) in [6.45, 7) is 6.08. The van der Waals surface area contributed by atoms with Crippen LogP contribution in [-0.4, -0.2) is 37.0 Å². The number of carbonyl (C=O) groups excluding carboxylic acids is 1. The van der Waals surface area contributed by atoms with Crippen LogP contribution in [0.5, 0.6) is 0 Å². The minimum Gasteiger partial charge on any atom is -0.339 e.